The smallest absolute Gasteiger partial charge is 0.219 e. The lowest BCUT2D eigenvalue weighted by Crippen LogP contribution is -2.47. The summed E-state index contributed by atoms with van der Waals surface area (Å²) in [5.74, 6) is -0.0587. The predicted octanol–water partition coefficient (Wildman–Crippen LogP) is 0.836. The molecule has 0 bridgehead atoms. The molecule has 1 fully saturated rings. The molecule has 132 valence electrons. The minimum atomic E-state index is -0.166. The molecular formula is C15H19N7OS2. The molecule has 0 radical (unpaired) electrons. The summed E-state index contributed by atoms with van der Waals surface area (Å²) in [6, 6.07) is 4.01. The van der Waals surface area contributed by atoms with E-state index >= 15 is 0 Å². The van der Waals surface area contributed by atoms with Crippen LogP contribution < -0.4 is 10.7 Å². The maximum Gasteiger partial charge on any atom is 0.219 e. The molecule has 0 saturated carbocycles. The molecule has 1 unspecified atom stereocenters. The van der Waals surface area contributed by atoms with Crippen LogP contribution in [0.15, 0.2) is 23.4 Å². The Morgan fingerprint density at radius 1 is 1.40 bits per heavy atom. The van der Waals surface area contributed by atoms with Crippen molar-refractivity contribution in [1.29, 1.82) is 0 Å². The highest BCUT2D eigenvalue weighted by atomic mass is 32.2. The van der Waals surface area contributed by atoms with Crippen molar-refractivity contribution in [3.63, 3.8) is 0 Å². The van der Waals surface area contributed by atoms with Gasteiger partial charge in [-0.3, -0.25) is 15.1 Å². The van der Waals surface area contributed by atoms with Gasteiger partial charge in [-0.1, -0.05) is 0 Å². The molecule has 1 amide bonds. The van der Waals surface area contributed by atoms with Gasteiger partial charge in [-0.2, -0.15) is 5.10 Å². The molecule has 0 spiro atoms. The average Bonchev–Trinajstić information content (AvgIpc) is 3.21. The van der Waals surface area contributed by atoms with Crippen LogP contribution in [-0.2, 0) is 11.3 Å². The number of carbonyl (C=O) groups excluding carboxylic acids is 1. The zero-order chi connectivity index (χ0) is 17.2. The summed E-state index contributed by atoms with van der Waals surface area (Å²) in [6.45, 7) is 6.15. The first-order valence-electron chi connectivity index (χ1n) is 8.12. The second kappa shape index (κ2) is 7.14. The molecule has 4 heterocycles. The van der Waals surface area contributed by atoms with Crippen LogP contribution in [0, 0.1) is 0 Å². The second-order valence-corrected chi connectivity index (χ2v) is 8.11. The van der Waals surface area contributed by atoms with Crippen molar-refractivity contribution < 1.29 is 4.79 Å². The largest absolute Gasteiger partial charge is 0.347 e. The van der Waals surface area contributed by atoms with Gasteiger partial charge in [-0.05, 0) is 23.9 Å². The summed E-state index contributed by atoms with van der Waals surface area (Å²) in [7, 11) is 0. The number of nitrogens with one attached hydrogen (secondary N) is 2. The summed E-state index contributed by atoms with van der Waals surface area (Å²) in [6.07, 6.45) is 1.78. The molecule has 4 rings (SSSR count). The minimum absolute atomic E-state index is 0.0587. The van der Waals surface area contributed by atoms with Crippen LogP contribution in [0.4, 0.5) is 0 Å². The lowest BCUT2D eigenvalue weighted by Gasteiger charge is -2.34. The normalized spacial score (nSPS) is 21.2. The highest BCUT2D eigenvalue weighted by molar-refractivity contribution is 8.14. The first kappa shape index (κ1) is 16.6. The average molecular weight is 377 g/mol. The van der Waals surface area contributed by atoms with Crippen LogP contribution in [0.5, 0.6) is 0 Å². The van der Waals surface area contributed by atoms with Crippen molar-refractivity contribution in [2.24, 2.45) is 5.10 Å². The van der Waals surface area contributed by atoms with Crippen LogP contribution >= 0.6 is 23.1 Å². The Balaban J connectivity index is 1.29. The molecule has 0 aromatic carbocycles. The number of hydrazone groups is 1. The first-order chi connectivity index (χ1) is 12.2. The standard InChI is InChI=1S/C15H19N7OS2/c1-10(23)17-14-19-20-15(25-14)22-7-5-21(6-8-22)9-12-18-13-11(24-12)3-2-4-16-13/h2-4,14,19H,5-9H2,1H3,(H,17,23). The van der Waals surface area contributed by atoms with Crippen LogP contribution in [0.3, 0.4) is 0 Å². The van der Waals surface area contributed by atoms with Gasteiger partial charge in [0.05, 0.1) is 11.2 Å². The predicted molar refractivity (Wildman–Crippen MR) is 100 cm³/mol. The summed E-state index contributed by atoms with van der Waals surface area (Å²) in [5, 5.41) is 9.21. The lowest BCUT2D eigenvalue weighted by molar-refractivity contribution is -0.119. The molecule has 0 aliphatic carbocycles. The fraction of sp³-hybridized carbons (Fsp3) is 0.467. The number of hydrogen-bond donors (Lipinski definition) is 2. The van der Waals surface area contributed by atoms with Gasteiger partial charge in [0.25, 0.3) is 0 Å². The Morgan fingerprint density at radius 2 is 2.24 bits per heavy atom. The monoisotopic (exact) mass is 377 g/mol. The van der Waals surface area contributed by atoms with E-state index in [1.165, 1.54) is 6.92 Å². The van der Waals surface area contributed by atoms with Gasteiger partial charge in [0.2, 0.25) is 5.91 Å². The lowest BCUT2D eigenvalue weighted by atomic mass is 10.3. The molecule has 2 aliphatic heterocycles. The number of thiazole rings is 1. The number of carbonyl (C=O) groups is 1. The van der Waals surface area contributed by atoms with Gasteiger partial charge < -0.3 is 10.2 Å². The van der Waals surface area contributed by atoms with Crippen molar-refractivity contribution in [2.75, 3.05) is 26.2 Å². The fourth-order valence-electron chi connectivity index (χ4n) is 2.83. The Bertz CT molecular complexity index is 767. The summed E-state index contributed by atoms with van der Waals surface area (Å²) < 4.78 is 1.14. The third kappa shape index (κ3) is 3.86. The van der Waals surface area contributed by atoms with E-state index in [2.05, 4.69) is 41.7 Å². The number of hydrogen-bond acceptors (Lipinski definition) is 9. The van der Waals surface area contributed by atoms with Gasteiger partial charge in [0, 0.05) is 39.3 Å². The van der Waals surface area contributed by atoms with Crippen LogP contribution in [0.2, 0.25) is 0 Å². The zero-order valence-electron chi connectivity index (χ0n) is 13.8. The van der Waals surface area contributed by atoms with E-state index in [4.69, 9.17) is 0 Å². The van der Waals surface area contributed by atoms with E-state index in [1.807, 2.05) is 6.07 Å². The molecule has 2 aliphatic rings. The number of thioether (sulfide) groups is 1. The number of pyridine rings is 1. The van der Waals surface area contributed by atoms with Crippen molar-refractivity contribution in [2.45, 2.75) is 19.0 Å². The van der Waals surface area contributed by atoms with E-state index in [0.717, 1.165) is 53.2 Å². The topological polar surface area (TPSA) is 85.8 Å². The molecule has 2 N–H and O–H groups in total. The molecule has 2 aromatic rings. The number of rotatable bonds is 3. The third-order valence-corrected chi connectivity index (χ3v) is 6.06. The molecule has 10 heteroatoms. The van der Waals surface area contributed by atoms with E-state index in [0.29, 0.717) is 0 Å². The molecule has 1 atom stereocenters. The van der Waals surface area contributed by atoms with Crippen LogP contribution in [-0.4, -0.2) is 62.5 Å². The molecule has 25 heavy (non-hydrogen) atoms. The highest BCUT2D eigenvalue weighted by Crippen LogP contribution is 2.23. The van der Waals surface area contributed by atoms with Gasteiger partial charge in [-0.25, -0.2) is 9.97 Å². The highest BCUT2D eigenvalue weighted by Gasteiger charge is 2.27. The van der Waals surface area contributed by atoms with Crippen molar-refractivity contribution in [3.8, 4) is 0 Å². The first-order valence-corrected chi connectivity index (χ1v) is 9.82. The van der Waals surface area contributed by atoms with Gasteiger partial charge in [-0.15, -0.1) is 11.3 Å². The quantitative estimate of drug-likeness (QED) is 0.820. The van der Waals surface area contributed by atoms with Crippen molar-refractivity contribution in [3.05, 3.63) is 23.3 Å². The zero-order valence-corrected chi connectivity index (χ0v) is 15.4. The van der Waals surface area contributed by atoms with Crippen LogP contribution in [0.1, 0.15) is 11.9 Å². The number of aromatic nitrogens is 2. The Morgan fingerprint density at radius 3 is 3.00 bits per heavy atom. The van der Waals surface area contributed by atoms with E-state index < -0.39 is 0 Å². The van der Waals surface area contributed by atoms with Crippen molar-refractivity contribution >= 4 is 44.5 Å². The molecule has 1 saturated heterocycles. The Hall–Kier alpha value is -1.91. The summed E-state index contributed by atoms with van der Waals surface area (Å²) in [5.41, 5.74) is 3.62. The SMILES string of the molecule is CC(=O)NC1NN=C(N2CCN(Cc3nc4ncccc4s3)CC2)S1. The summed E-state index contributed by atoms with van der Waals surface area (Å²) >= 11 is 3.27. The fourth-order valence-corrected chi connectivity index (χ4v) is 4.78. The third-order valence-electron chi connectivity index (χ3n) is 4.05. The van der Waals surface area contributed by atoms with E-state index in [1.54, 1.807) is 29.3 Å². The van der Waals surface area contributed by atoms with Gasteiger partial charge in [0.1, 0.15) is 5.01 Å². The van der Waals surface area contributed by atoms with Crippen molar-refractivity contribution in [1.82, 2.24) is 30.5 Å². The van der Waals surface area contributed by atoms with Gasteiger partial charge >= 0.3 is 0 Å². The minimum Gasteiger partial charge on any atom is -0.347 e. The Kier molecular flexibility index (Phi) is 4.73. The number of amidine groups is 1. The summed E-state index contributed by atoms with van der Waals surface area (Å²) in [4.78, 5) is 24.7. The molecule has 2 aromatic heterocycles. The van der Waals surface area contributed by atoms with Gasteiger partial charge in [0.15, 0.2) is 16.3 Å². The number of nitrogens with zero attached hydrogens (tertiary/aromatic N) is 5. The number of piperazine rings is 1. The van der Waals surface area contributed by atoms with E-state index in [9.17, 15) is 4.79 Å². The van der Waals surface area contributed by atoms with Crippen LogP contribution in [0.25, 0.3) is 10.3 Å². The molecule has 8 nitrogen and oxygen atoms in total. The maximum atomic E-state index is 11.1. The number of fused-ring (bicyclic) bond motifs is 1. The van der Waals surface area contributed by atoms with E-state index in [-0.39, 0.29) is 11.4 Å². The Labute approximate surface area is 153 Å². The number of amides is 1. The second-order valence-electron chi connectivity index (χ2n) is 5.92. The maximum absolute atomic E-state index is 11.1. The molecular weight excluding hydrogens is 358 g/mol.